The van der Waals surface area contributed by atoms with E-state index in [9.17, 15) is 4.79 Å². The fourth-order valence-electron chi connectivity index (χ4n) is 1.50. The van der Waals surface area contributed by atoms with E-state index in [0.717, 1.165) is 12.4 Å². The van der Waals surface area contributed by atoms with Crippen molar-refractivity contribution in [3.05, 3.63) is 18.2 Å². The maximum Gasteiger partial charge on any atom is 0.320 e. The van der Waals surface area contributed by atoms with Crippen LogP contribution in [0.3, 0.4) is 0 Å². The molecule has 0 aliphatic rings. The van der Waals surface area contributed by atoms with Crippen LogP contribution in [0.2, 0.25) is 0 Å². The van der Waals surface area contributed by atoms with Crippen molar-refractivity contribution in [2.24, 2.45) is 0 Å². The maximum atomic E-state index is 11.2. The van der Waals surface area contributed by atoms with Gasteiger partial charge in [0, 0.05) is 18.9 Å². The Kier molecular flexibility index (Phi) is 4.98. The third-order valence-corrected chi connectivity index (χ3v) is 2.26. The molecule has 0 atom stereocenters. The van der Waals surface area contributed by atoms with Crippen LogP contribution in [0.1, 0.15) is 19.7 Å². The van der Waals surface area contributed by atoms with Crippen molar-refractivity contribution in [3.63, 3.8) is 0 Å². The summed E-state index contributed by atoms with van der Waals surface area (Å²) in [6, 6.07) is 0. The highest BCUT2D eigenvalue weighted by atomic mass is 16.5. The largest absolute Gasteiger partial charge is 0.465 e. The Balaban J connectivity index is 2.45. The number of carbonyl (C=O) groups is 1. The first-order valence-corrected chi connectivity index (χ1v) is 5.51. The first kappa shape index (κ1) is 12.7. The SMILES string of the molecule is CCOC(=O)CN(C)Cc1nccn1CC. The quantitative estimate of drug-likeness (QED) is 0.675. The van der Waals surface area contributed by atoms with Gasteiger partial charge in [0.25, 0.3) is 0 Å². The monoisotopic (exact) mass is 225 g/mol. The molecule has 0 fully saturated rings. The summed E-state index contributed by atoms with van der Waals surface area (Å²) < 4.78 is 6.94. The maximum absolute atomic E-state index is 11.2. The van der Waals surface area contributed by atoms with Gasteiger partial charge >= 0.3 is 5.97 Å². The van der Waals surface area contributed by atoms with Gasteiger partial charge < -0.3 is 9.30 Å². The number of rotatable bonds is 6. The molecule has 0 saturated heterocycles. The van der Waals surface area contributed by atoms with Gasteiger partial charge in [0.1, 0.15) is 5.82 Å². The summed E-state index contributed by atoms with van der Waals surface area (Å²) in [5.41, 5.74) is 0. The summed E-state index contributed by atoms with van der Waals surface area (Å²) >= 11 is 0. The van der Waals surface area contributed by atoms with E-state index in [1.807, 2.05) is 25.1 Å². The van der Waals surface area contributed by atoms with Gasteiger partial charge in [-0.2, -0.15) is 0 Å². The Labute approximate surface area is 96.0 Å². The van der Waals surface area contributed by atoms with E-state index < -0.39 is 0 Å². The van der Waals surface area contributed by atoms with Crippen molar-refractivity contribution in [2.45, 2.75) is 26.9 Å². The number of nitrogens with zero attached hydrogens (tertiary/aromatic N) is 3. The predicted molar refractivity (Wildman–Crippen MR) is 60.9 cm³/mol. The fraction of sp³-hybridized carbons (Fsp3) is 0.636. The molecule has 0 spiro atoms. The number of hydrogen-bond donors (Lipinski definition) is 0. The summed E-state index contributed by atoms with van der Waals surface area (Å²) in [5.74, 6) is 0.772. The molecule has 5 heteroatoms. The summed E-state index contributed by atoms with van der Waals surface area (Å²) in [4.78, 5) is 17.4. The number of aromatic nitrogens is 2. The normalized spacial score (nSPS) is 10.8. The Hall–Kier alpha value is -1.36. The molecule has 0 aliphatic carbocycles. The van der Waals surface area contributed by atoms with Crippen molar-refractivity contribution in [3.8, 4) is 0 Å². The van der Waals surface area contributed by atoms with E-state index in [-0.39, 0.29) is 5.97 Å². The second-order valence-electron chi connectivity index (χ2n) is 3.61. The Morgan fingerprint density at radius 1 is 1.56 bits per heavy atom. The zero-order chi connectivity index (χ0) is 12.0. The number of likely N-dealkylation sites (N-methyl/N-ethyl adjacent to an activating group) is 1. The smallest absolute Gasteiger partial charge is 0.320 e. The first-order valence-electron chi connectivity index (χ1n) is 5.51. The molecule has 5 nitrogen and oxygen atoms in total. The van der Waals surface area contributed by atoms with Gasteiger partial charge in [-0.05, 0) is 20.9 Å². The van der Waals surface area contributed by atoms with Gasteiger partial charge in [-0.15, -0.1) is 0 Å². The van der Waals surface area contributed by atoms with Gasteiger partial charge in [-0.1, -0.05) is 0 Å². The molecule has 1 aromatic heterocycles. The first-order chi connectivity index (χ1) is 7.67. The highest BCUT2D eigenvalue weighted by Gasteiger charge is 2.10. The number of hydrogen-bond acceptors (Lipinski definition) is 4. The Morgan fingerprint density at radius 3 is 2.94 bits per heavy atom. The topological polar surface area (TPSA) is 47.4 Å². The van der Waals surface area contributed by atoms with Crippen LogP contribution in [0.5, 0.6) is 0 Å². The molecule has 0 aliphatic heterocycles. The Bertz CT molecular complexity index is 336. The van der Waals surface area contributed by atoms with Crippen LogP contribution in [-0.4, -0.2) is 40.6 Å². The lowest BCUT2D eigenvalue weighted by Crippen LogP contribution is -2.28. The van der Waals surface area contributed by atoms with Gasteiger partial charge in [0.05, 0.1) is 19.7 Å². The van der Waals surface area contributed by atoms with Gasteiger partial charge in [-0.3, -0.25) is 9.69 Å². The van der Waals surface area contributed by atoms with Gasteiger partial charge in [0.2, 0.25) is 0 Å². The van der Waals surface area contributed by atoms with E-state index in [1.54, 1.807) is 6.20 Å². The molecule has 0 radical (unpaired) electrons. The zero-order valence-corrected chi connectivity index (χ0v) is 10.1. The lowest BCUT2D eigenvalue weighted by Gasteiger charge is -2.15. The summed E-state index contributed by atoms with van der Waals surface area (Å²) in [6.07, 6.45) is 3.71. The number of esters is 1. The number of imidazole rings is 1. The van der Waals surface area contributed by atoms with Crippen LogP contribution in [0.4, 0.5) is 0 Å². The standard InChI is InChI=1S/C11H19N3O2/c1-4-14-7-6-12-10(14)8-13(3)9-11(15)16-5-2/h6-7H,4-5,8-9H2,1-3H3. The second-order valence-corrected chi connectivity index (χ2v) is 3.61. The molecule has 16 heavy (non-hydrogen) atoms. The second kappa shape index (κ2) is 6.27. The van der Waals surface area contributed by atoms with E-state index in [1.165, 1.54) is 0 Å². The predicted octanol–water partition coefficient (Wildman–Crippen LogP) is 0.898. The van der Waals surface area contributed by atoms with E-state index in [0.29, 0.717) is 19.7 Å². The van der Waals surface area contributed by atoms with Crippen LogP contribution >= 0.6 is 0 Å². The zero-order valence-electron chi connectivity index (χ0n) is 10.1. The molecule has 0 saturated carbocycles. The molecule has 90 valence electrons. The average molecular weight is 225 g/mol. The molecule has 0 unspecified atom stereocenters. The van der Waals surface area contributed by atoms with Crippen molar-refractivity contribution in [1.82, 2.24) is 14.5 Å². The number of aryl methyl sites for hydroxylation is 1. The van der Waals surface area contributed by atoms with Crippen molar-refractivity contribution in [1.29, 1.82) is 0 Å². The fourth-order valence-corrected chi connectivity index (χ4v) is 1.50. The number of carbonyl (C=O) groups excluding carboxylic acids is 1. The van der Waals surface area contributed by atoms with Crippen molar-refractivity contribution in [2.75, 3.05) is 20.2 Å². The lowest BCUT2D eigenvalue weighted by atomic mass is 10.4. The lowest BCUT2D eigenvalue weighted by molar-refractivity contribution is -0.144. The molecule has 0 amide bonds. The van der Waals surface area contributed by atoms with E-state index >= 15 is 0 Å². The molecule has 1 heterocycles. The van der Waals surface area contributed by atoms with Crippen LogP contribution in [0.15, 0.2) is 12.4 Å². The molecule has 0 N–H and O–H groups in total. The summed E-state index contributed by atoms with van der Waals surface area (Å²) in [5, 5.41) is 0. The highest BCUT2D eigenvalue weighted by molar-refractivity contribution is 5.71. The van der Waals surface area contributed by atoms with E-state index in [2.05, 4.69) is 16.5 Å². The van der Waals surface area contributed by atoms with Gasteiger partial charge in [-0.25, -0.2) is 4.98 Å². The molecule has 0 aromatic carbocycles. The van der Waals surface area contributed by atoms with Gasteiger partial charge in [0.15, 0.2) is 0 Å². The summed E-state index contributed by atoms with van der Waals surface area (Å²) in [7, 11) is 1.88. The molecule has 1 rings (SSSR count). The van der Waals surface area contributed by atoms with Crippen LogP contribution in [0, 0.1) is 0 Å². The van der Waals surface area contributed by atoms with Crippen molar-refractivity contribution < 1.29 is 9.53 Å². The third kappa shape index (κ3) is 3.66. The minimum atomic E-state index is -0.195. The molecule has 1 aromatic rings. The van der Waals surface area contributed by atoms with E-state index in [4.69, 9.17) is 4.74 Å². The Morgan fingerprint density at radius 2 is 2.31 bits per heavy atom. The highest BCUT2D eigenvalue weighted by Crippen LogP contribution is 2.01. The van der Waals surface area contributed by atoms with Crippen molar-refractivity contribution >= 4 is 5.97 Å². The minimum Gasteiger partial charge on any atom is -0.465 e. The third-order valence-electron chi connectivity index (χ3n) is 2.26. The van der Waals surface area contributed by atoms with Crippen LogP contribution < -0.4 is 0 Å². The summed E-state index contributed by atoms with van der Waals surface area (Å²) in [6.45, 7) is 6.14. The molecular formula is C11H19N3O2. The van der Waals surface area contributed by atoms with Crippen LogP contribution in [0.25, 0.3) is 0 Å². The average Bonchev–Trinajstić information content (AvgIpc) is 2.65. The molecule has 0 bridgehead atoms. The van der Waals surface area contributed by atoms with Crippen LogP contribution in [-0.2, 0) is 22.6 Å². The number of ether oxygens (including phenoxy) is 1. The molecular weight excluding hydrogens is 206 g/mol. The minimum absolute atomic E-state index is 0.195.